The van der Waals surface area contributed by atoms with Gasteiger partial charge in [-0.15, -0.1) is 0 Å². The molecule has 8 heteroatoms. The van der Waals surface area contributed by atoms with Crippen molar-refractivity contribution in [2.45, 2.75) is 18.9 Å². The van der Waals surface area contributed by atoms with E-state index in [4.69, 9.17) is 5.73 Å². The van der Waals surface area contributed by atoms with Crippen LogP contribution < -0.4 is 57.9 Å². The van der Waals surface area contributed by atoms with Gasteiger partial charge in [-0.1, -0.05) is 0 Å². The van der Waals surface area contributed by atoms with Crippen molar-refractivity contribution in [3.63, 3.8) is 0 Å². The third-order valence-electron chi connectivity index (χ3n) is 0.962. The third-order valence-corrected chi connectivity index (χ3v) is 0.962. The minimum absolute atomic E-state index is 0. The molecule has 0 aromatic heterocycles. The van der Waals surface area contributed by atoms with Gasteiger partial charge in [-0.05, 0) is 12.8 Å². The Labute approximate surface area is 120 Å². The minimum atomic E-state index is -1.44. The third kappa shape index (κ3) is 15.7. The molecule has 0 saturated heterocycles. The van der Waals surface area contributed by atoms with Crippen LogP contribution in [-0.2, 0) is 9.59 Å². The molecule has 0 fully saturated rings. The van der Waals surface area contributed by atoms with Gasteiger partial charge < -0.3 is 37.9 Å². The quantitative estimate of drug-likeness (QED) is 0.480. The van der Waals surface area contributed by atoms with E-state index in [9.17, 15) is 19.8 Å². The predicted octanol–water partition coefficient (Wildman–Crippen LogP) is -9.78. The fraction of sp³-hybridized carbons (Fsp3) is 0.600. The van der Waals surface area contributed by atoms with E-state index in [0.29, 0.717) is 0 Å². The van der Waals surface area contributed by atoms with Crippen LogP contribution in [0, 0.1) is 0 Å². The maximum atomic E-state index is 9.86. The fourth-order valence-electron chi connectivity index (χ4n) is 0.391. The van der Waals surface area contributed by atoms with Gasteiger partial charge in [0, 0.05) is 12.0 Å². The molecule has 1 unspecified atom stereocenters. The molecule has 5 nitrogen and oxygen atoms in total. The first-order chi connectivity index (χ1) is 4.54. The van der Waals surface area contributed by atoms with Crippen LogP contribution in [0.25, 0.3) is 0 Å². The van der Waals surface area contributed by atoms with Gasteiger partial charge in [0.1, 0.15) is 0 Å². The van der Waals surface area contributed by atoms with Crippen LogP contribution in [0.1, 0.15) is 12.8 Å². The van der Waals surface area contributed by atoms with Gasteiger partial charge in [0.2, 0.25) is 0 Å². The van der Waals surface area contributed by atoms with Crippen molar-refractivity contribution in [2.75, 3.05) is 0 Å². The summed E-state index contributed by atoms with van der Waals surface area (Å²) >= 11 is 0. The summed E-state index contributed by atoms with van der Waals surface area (Å²) in [6, 6.07) is -1.21. The molecular formula is C5H7ClMgNNaO4. The summed E-state index contributed by atoms with van der Waals surface area (Å²) in [4.78, 5) is 19.6. The van der Waals surface area contributed by atoms with Gasteiger partial charge in [-0.25, -0.2) is 0 Å². The molecule has 0 spiro atoms. The fourth-order valence-corrected chi connectivity index (χ4v) is 0.391. The molecule has 0 aromatic carbocycles. The summed E-state index contributed by atoms with van der Waals surface area (Å²) in [6.07, 6.45) is -0.500. The summed E-state index contributed by atoms with van der Waals surface area (Å²) in [5.41, 5.74) is 4.91. The summed E-state index contributed by atoms with van der Waals surface area (Å²) in [7, 11) is 0. The van der Waals surface area contributed by atoms with Crippen LogP contribution in [0.5, 0.6) is 0 Å². The Kier molecular flexibility index (Phi) is 23.6. The van der Waals surface area contributed by atoms with Crippen LogP contribution >= 0.6 is 0 Å². The topological polar surface area (TPSA) is 106 Å². The molecule has 0 amide bonds. The van der Waals surface area contributed by atoms with Crippen LogP contribution in [0.3, 0.4) is 0 Å². The molecule has 0 aliphatic rings. The SMILES string of the molecule is NC(CCC(=O)[O-])C(=O)[O-].[Cl-].[Mg+2].[Na+]. The monoisotopic (exact) mass is 227 g/mol. The zero-order valence-electron chi connectivity index (χ0n) is 7.29. The normalized spacial score (nSPS) is 9.62. The Morgan fingerprint density at radius 2 is 1.69 bits per heavy atom. The van der Waals surface area contributed by atoms with E-state index in [1.54, 1.807) is 0 Å². The van der Waals surface area contributed by atoms with E-state index in [1.807, 2.05) is 0 Å². The van der Waals surface area contributed by atoms with Gasteiger partial charge in [-0.2, -0.15) is 0 Å². The molecule has 66 valence electrons. The molecule has 13 heavy (non-hydrogen) atoms. The van der Waals surface area contributed by atoms with Crippen molar-refractivity contribution in [1.82, 2.24) is 0 Å². The van der Waals surface area contributed by atoms with Gasteiger partial charge in [0.15, 0.2) is 0 Å². The van der Waals surface area contributed by atoms with E-state index in [2.05, 4.69) is 0 Å². The molecule has 0 saturated carbocycles. The number of carbonyl (C=O) groups is 2. The summed E-state index contributed by atoms with van der Waals surface area (Å²) in [5, 5.41) is 19.6. The van der Waals surface area contributed by atoms with Crippen LogP contribution in [0.4, 0.5) is 0 Å². The Morgan fingerprint density at radius 3 is 1.92 bits per heavy atom. The first kappa shape index (κ1) is 23.6. The Hall–Kier alpha value is 0.956. The van der Waals surface area contributed by atoms with Gasteiger partial charge in [-0.3, -0.25) is 0 Å². The second-order valence-corrected chi connectivity index (χ2v) is 1.84. The molecule has 0 aliphatic carbocycles. The van der Waals surface area contributed by atoms with Crippen molar-refractivity contribution in [3.05, 3.63) is 0 Å². The van der Waals surface area contributed by atoms with Crippen molar-refractivity contribution in [1.29, 1.82) is 0 Å². The average Bonchev–Trinajstić information content (AvgIpc) is 1.82. The minimum Gasteiger partial charge on any atom is -1.00 e. The molecule has 0 rings (SSSR count). The van der Waals surface area contributed by atoms with E-state index < -0.39 is 18.0 Å². The summed E-state index contributed by atoms with van der Waals surface area (Å²) < 4.78 is 0. The summed E-state index contributed by atoms with van der Waals surface area (Å²) in [6.45, 7) is 0. The number of rotatable bonds is 4. The Morgan fingerprint density at radius 1 is 1.31 bits per heavy atom. The zero-order valence-corrected chi connectivity index (χ0v) is 11.5. The maximum Gasteiger partial charge on any atom is 2.00 e. The molecule has 0 radical (unpaired) electrons. The van der Waals surface area contributed by atoms with Gasteiger partial charge in [0.25, 0.3) is 0 Å². The number of carboxylic acids is 2. The van der Waals surface area contributed by atoms with E-state index >= 15 is 0 Å². The molecular weight excluding hydrogens is 221 g/mol. The summed E-state index contributed by atoms with van der Waals surface area (Å²) in [5.74, 6) is -2.75. The van der Waals surface area contributed by atoms with Gasteiger partial charge >= 0.3 is 52.6 Å². The van der Waals surface area contributed by atoms with E-state index in [0.717, 1.165) is 0 Å². The second kappa shape index (κ2) is 13.0. The molecule has 0 bridgehead atoms. The van der Waals surface area contributed by atoms with Crippen LogP contribution in [0.15, 0.2) is 0 Å². The van der Waals surface area contributed by atoms with E-state index in [-0.39, 0.29) is 77.9 Å². The van der Waals surface area contributed by atoms with Crippen LogP contribution in [0.2, 0.25) is 0 Å². The molecule has 1 atom stereocenters. The number of carbonyl (C=O) groups excluding carboxylic acids is 2. The number of carboxylic acid groups (broad SMARTS) is 2. The Bertz CT molecular complexity index is 159. The van der Waals surface area contributed by atoms with E-state index in [1.165, 1.54) is 0 Å². The van der Waals surface area contributed by atoms with Crippen LogP contribution in [-0.4, -0.2) is 41.0 Å². The zero-order chi connectivity index (χ0) is 8.15. The van der Waals surface area contributed by atoms with Gasteiger partial charge in [0.05, 0.1) is 5.97 Å². The molecule has 2 N–H and O–H groups in total. The molecule has 0 aromatic rings. The predicted molar refractivity (Wildman–Crippen MR) is 33.0 cm³/mol. The molecule has 0 heterocycles. The standard InChI is InChI=1S/C5H9NO4.ClH.Mg.Na/c6-3(5(9)10)1-2-4(7)8;;;/h3H,1-2,6H2,(H,7,8)(H,9,10);1H;;/q;;+2;+1/p-3. The first-order valence-corrected chi connectivity index (χ1v) is 2.70. The Balaban J connectivity index is -0.000000135. The second-order valence-electron chi connectivity index (χ2n) is 1.84. The average molecular weight is 228 g/mol. The number of halogens is 1. The molecule has 0 aliphatic heterocycles. The van der Waals surface area contributed by atoms with Crippen molar-refractivity contribution >= 4 is 35.0 Å². The van der Waals surface area contributed by atoms with Crippen molar-refractivity contribution in [2.24, 2.45) is 5.73 Å². The largest absolute Gasteiger partial charge is 2.00 e. The smallest absolute Gasteiger partial charge is 1.00 e. The number of hydrogen-bond acceptors (Lipinski definition) is 5. The first-order valence-electron chi connectivity index (χ1n) is 2.70. The number of aliphatic carboxylic acids is 2. The van der Waals surface area contributed by atoms with Crippen molar-refractivity contribution < 1.29 is 61.8 Å². The number of nitrogens with two attached hydrogens (primary N) is 1. The maximum absolute atomic E-state index is 9.86. The number of hydrogen-bond donors (Lipinski definition) is 1. The van der Waals surface area contributed by atoms with Crippen molar-refractivity contribution in [3.8, 4) is 0 Å².